The summed E-state index contributed by atoms with van der Waals surface area (Å²) in [7, 11) is 2.07. The highest BCUT2D eigenvalue weighted by molar-refractivity contribution is 6.07. The minimum Gasteiger partial charge on any atom is -1.00 e. The number of fused-ring (bicyclic) bond motifs is 6. The maximum Gasteiger partial charge on any atom is 0.214 e. The number of aromatic nitrogens is 2. The van der Waals surface area contributed by atoms with Gasteiger partial charge in [0.2, 0.25) is 5.52 Å². The molecule has 0 atom stereocenters. The molecule has 0 saturated heterocycles. The Labute approximate surface area is 218 Å². The lowest BCUT2D eigenvalue weighted by atomic mass is 9.82. The van der Waals surface area contributed by atoms with Crippen LogP contribution in [0.4, 0.5) is 11.4 Å². The van der Waals surface area contributed by atoms with Gasteiger partial charge in [0.05, 0.1) is 22.3 Å². The molecule has 174 valence electrons. The normalized spacial score (nSPS) is 16.7. The zero-order valence-corrected chi connectivity index (χ0v) is 23.1. The van der Waals surface area contributed by atoms with Gasteiger partial charge < -0.3 is 24.0 Å². The van der Waals surface area contributed by atoms with Crippen molar-refractivity contribution in [3.63, 3.8) is 0 Å². The predicted octanol–water partition coefficient (Wildman–Crippen LogP) is 3.67. The average molecular weight is 562 g/mol. The zero-order valence-electron chi connectivity index (χ0n) is 20.9. The predicted molar refractivity (Wildman–Crippen MR) is 138 cm³/mol. The van der Waals surface area contributed by atoms with Crippen LogP contribution >= 0.6 is 0 Å². The number of rotatable bonds is 0. The third kappa shape index (κ3) is 3.65. The fourth-order valence-corrected chi connectivity index (χ4v) is 4.81. The van der Waals surface area contributed by atoms with Gasteiger partial charge >= 0.3 is 0 Å². The van der Waals surface area contributed by atoms with E-state index in [4.69, 9.17) is 9.98 Å². The number of benzene rings is 2. The summed E-state index contributed by atoms with van der Waals surface area (Å²) >= 11 is 0. The summed E-state index contributed by atoms with van der Waals surface area (Å²) in [6, 6.07) is 17.0. The van der Waals surface area contributed by atoms with Crippen molar-refractivity contribution in [3.05, 3.63) is 72.1 Å². The smallest absolute Gasteiger partial charge is 0.214 e. The first kappa shape index (κ1) is 24.5. The molecule has 2 aliphatic heterocycles. The summed E-state index contributed by atoms with van der Waals surface area (Å²) in [6.45, 7) is 13.1. The van der Waals surface area contributed by atoms with E-state index in [-0.39, 0.29) is 34.8 Å². The molecule has 0 bridgehead atoms. The van der Waals surface area contributed by atoms with E-state index in [0.29, 0.717) is 0 Å². The van der Waals surface area contributed by atoms with E-state index in [1.807, 2.05) is 12.3 Å². The topological polar surface area (TPSA) is 41.5 Å². The van der Waals surface area contributed by atoms with Crippen molar-refractivity contribution in [1.82, 2.24) is 4.98 Å². The van der Waals surface area contributed by atoms with Crippen LogP contribution in [0.5, 0.6) is 0 Å². The van der Waals surface area contributed by atoms with Crippen molar-refractivity contribution in [2.45, 2.75) is 52.4 Å². The van der Waals surface area contributed by atoms with Gasteiger partial charge in [0.25, 0.3) is 0 Å². The van der Waals surface area contributed by atoms with Crippen molar-refractivity contribution < 1.29 is 28.5 Å². The lowest BCUT2D eigenvalue weighted by Gasteiger charge is -2.19. The van der Waals surface area contributed by atoms with Crippen LogP contribution < -0.4 is 28.5 Å². The van der Waals surface area contributed by atoms with Crippen LogP contribution in [0, 0.1) is 0 Å². The third-order valence-electron chi connectivity index (χ3n) is 7.62. The Bertz CT molecular complexity index is 1500. The molecule has 0 unspecified atom stereocenters. The first-order chi connectivity index (χ1) is 15.6. The highest BCUT2D eigenvalue weighted by Crippen LogP contribution is 2.44. The van der Waals surface area contributed by atoms with Crippen molar-refractivity contribution in [3.8, 4) is 0 Å². The number of hydrogen-bond acceptors (Lipinski definition) is 3. The van der Waals surface area contributed by atoms with Crippen LogP contribution in [-0.2, 0) is 17.9 Å². The average Bonchev–Trinajstić information content (AvgIpc) is 3.17. The van der Waals surface area contributed by atoms with Crippen LogP contribution in [0.3, 0.4) is 0 Å². The van der Waals surface area contributed by atoms with E-state index in [2.05, 4.69) is 107 Å². The van der Waals surface area contributed by atoms with Crippen molar-refractivity contribution in [1.29, 1.82) is 0 Å². The van der Waals surface area contributed by atoms with Crippen molar-refractivity contribution >= 4 is 44.6 Å². The molecule has 4 heterocycles. The van der Waals surface area contributed by atoms with Crippen LogP contribution in [-0.4, -0.2) is 16.4 Å². The van der Waals surface area contributed by atoms with Crippen LogP contribution in [0.25, 0.3) is 21.8 Å². The first-order valence-electron chi connectivity index (χ1n) is 11.5. The number of nitrogens with zero attached hydrogens (tertiary/aromatic N) is 4. The molecule has 34 heavy (non-hydrogen) atoms. The lowest BCUT2D eigenvalue weighted by Crippen LogP contribution is -3.00. The van der Waals surface area contributed by atoms with Crippen LogP contribution in [0.15, 0.2) is 70.9 Å². The molecule has 5 heteroatoms. The molecular weight excluding hydrogens is 531 g/mol. The summed E-state index contributed by atoms with van der Waals surface area (Å²) in [4.78, 5) is 13.8. The van der Waals surface area contributed by atoms with E-state index in [9.17, 15) is 0 Å². The standard InChI is InChI=1S/C15H17N2.C14H14N2.HI/c1-10-15(2,3)12-7-8-13-11(14(12)16-10)6-5-9-17(13)4;1-9-14(2,3)11-6-7-12-10(13(11)16-9)5-4-8-15-12;/h5-9H,1-4H3;4-8H,1-3H3;1H/q+1;;/p-1. The fourth-order valence-electron chi connectivity index (χ4n) is 4.81. The molecular formula is C29H31IN4. The van der Waals surface area contributed by atoms with Gasteiger partial charge in [-0.05, 0) is 55.3 Å². The van der Waals surface area contributed by atoms with E-state index in [0.717, 1.165) is 22.3 Å². The van der Waals surface area contributed by atoms with Gasteiger partial charge in [0.15, 0.2) is 6.20 Å². The Hall–Kier alpha value is -2.67. The minimum atomic E-state index is 0. The molecule has 6 rings (SSSR count). The van der Waals surface area contributed by atoms with Gasteiger partial charge in [-0.3, -0.25) is 15.0 Å². The summed E-state index contributed by atoms with van der Waals surface area (Å²) in [5, 5.41) is 2.40. The number of aryl methyl sites for hydroxylation is 1. The monoisotopic (exact) mass is 562 g/mol. The molecule has 4 aromatic rings. The van der Waals surface area contributed by atoms with Gasteiger partial charge in [-0.2, -0.15) is 0 Å². The quantitative estimate of drug-likeness (QED) is 0.238. The Morgan fingerprint density at radius 3 is 1.91 bits per heavy atom. The van der Waals surface area contributed by atoms with Crippen LogP contribution in [0.1, 0.15) is 52.7 Å². The molecule has 0 N–H and O–H groups in total. The van der Waals surface area contributed by atoms with E-state index in [1.54, 1.807) is 0 Å². The SMILES string of the molecule is CC1=Nc2c(ccc3c2ccc[n+]3C)C1(C)C.CC1=Nc2c(ccc3ncccc23)C1(C)C.[I-]. The Morgan fingerprint density at radius 2 is 1.26 bits per heavy atom. The fraction of sp³-hybridized carbons (Fsp3) is 0.310. The molecule has 0 saturated carbocycles. The molecule has 4 nitrogen and oxygen atoms in total. The molecule has 2 aromatic heterocycles. The van der Waals surface area contributed by atoms with Gasteiger partial charge in [0, 0.05) is 46.0 Å². The maximum atomic E-state index is 4.78. The minimum absolute atomic E-state index is 0. The van der Waals surface area contributed by atoms with Gasteiger partial charge in [0.1, 0.15) is 7.05 Å². The van der Waals surface area contributed by atoms with Gasteiger partial charge in [-0.15, -0.1) is 0 Å². The van der Waals surface area contributed by atoms with E-state index in [1.165, 1.54) is 33.5 Å². The maximum absolute atomic E-state index is 4.78. The lowest BCUT2D eigenvalue weighted by molar-refractivity contribution is -0.644. The molecule has 2 aromatic carbocycles. The van der Waals surface area contributed by atoms with Gasteiger partial charge in [-0.1, -0.05) is 33.8 Å². The molecule has 0 aliphatic carbocycles. The Kier molecular flexibility index (Phi) is 6.13. The van der Waals surface area contributed by atoms with Gasteiger partial charge in [-0.25, -0.2) is 4.57 Å². The summed E-state index contributed by atoms with van der Waals surface area (Å²) in [5.41, 5.74) is 9.67. The number of aliphatic imine (C=N–C) groups is 2. The zero-order chi connectivity index (χ0) is 23.5. The summed E-state index contributed by atoms with van der Waals surface area (Å²) < 4.78 is 2.14. The Morgan fingerprint density at radius 1 is 0.706 bits per heavy atom. The molecule has 0 fully saturated rings. The largest absolute Gasteiger partial charge is 1.00 e. The summed E-state index contributed by atoms with van der Waals surface area (Å²) in [5.74, 6) is 0. The molecule has 2 aliphatic rings. The number of pyridine rings is 2. The molecule has 0 radical (unpaired) electrons. The first-order valence-corrected chi connectivity index (χ1v) is 11.5. The number of halogens is 1. The van der Waals surface area contributed by atoms with Crippen molar-refractivity contribution in [2.24, 2.45) is 17.0 Å². The second-order valence-corrected chi connectivity index (χ2v) is 10.2. The Balaban J connectivity index is 0.000000157. The number of hydrogen-bond donors (Lipinski definition) is 0. The summed E-state index contributed by atoms with van der Waals surface area (Å²) in [6.07, 6.45) is 3.90. The second-order valence-electron chi connectivity index (χ2n) is 10.2. The van der Waals surface area contributed by atoms with E-state index < -0.39 is 0 Å². The van der Waals surface area contributed by atoms with E-state index >= 15 is 0 Å². The van der Waals surface area contributed by atoms with Crippen molar-refractivity contribution in [2.75, 3.05) is 0 Å². The third-order valence-corrected chi connectivity index (χ3v) is 7.62. The highest BCUT2D eigenvalue weighted by Gasteiger charge is 2.34. The highest BCUT2D eigenvalue weighted by atomic mass is 127. The second kappa shape index (κ2) is 8.52. The van der Waals surface area contributed by atoms with Crippen LogP contribution in [0.2, 0.25) is 0 Å². The molecule has 0 spiro atoms. The molecule has 0 amide bonds.